The second-order valence-electron chi connectivity index (χ2n) is 3.55. The van der Waals surface area contributed by atoms with Crippen LogP contribution in [0, 0.1) is 5.92 Å². The summed E-state index contributed by atoms with van der Waals surface area (Å²) in [4.78, 5) is 0. The first-order valence-corrected chi connectivity index (χ1v) is 6.51. The highest BCUT2D eigenvalue weighted by atomic mass is 79.9. The summed E-state index contributed by atoms with van der Waals surface area (Å²) in [5.41, 5.74) is 1.26. The van der Waals surface area contributed by atoms with E-state index in [1.165, 1.54) is 12.0 Å². The number of halogens is 3. The van der Waals surface area contributed by atoms with Crippen molar-refractivity contribution >= 4 is 39.1 Å². The summed E-state index contributed by atoms with van der Waals surface area (Å²) >= 11 is 15.2. The molecule has 0 heterocycles. The third-order valence-corrected chi connectivity index (χ3v) is 4.02. The van der Waals surface area contributed by atoms with E-state index < -0.39 is 0 Å². The lowest BCUT2D eigenvalue weighted by molar-refractivity contribution is 0.600. The highest BCUT2D eigenvalue weighted by Crippen LogP contribution is 2.23. The van der Waals surface area contributed by atoms with Gasteiger partial charge in [0.15, 0.2) is 0 Å². The molecule has 3 heteroatoms. The van der Waals surface area contributed by atoms with Crippen LogP contribution in [-0.4, -0.2) is 5.33 Å². The van der Waals surface area contributed by atoms with Crippen molar-refractivity contribution in [3.8, 4) is 0 Å². The van der Waals surface area contributed by atoms with E-state index in [1.54, 1.807) is 0 Å². The normalized spacial score (nSPS) is 12.9. The maximum absolute atomic E-state index is 5.92. The highest BCUT2D eigenvalue weighted by Gasteiger charge is 2.02. The third-order valence-electron chi connectivity index (χ3n) is 2.17. The molecule has 0 nitrogen and oxygen atoms in total. The van der Waals surface area contributed by atoms with Crippen LogP contribution in [-0.2, 0) is 6.42 Å². The Labute approximate surface area is 104 Å². The lowest BCUT2D eigenvalue weighted by Crippen LogP contribution is -1.98. The molecule has 0 aromatic heterocycles. The van der Waals surface area contributed by atoms with Crippen molar-refractivity contribution in [3.63, 3.8) is 0 Å². The van der Waals surface area contributed by atoms with Crippen LogP contribution in [0.2, 0.25) is 10.0 Å². The molecule has 0 radical (unpaired) electrons. The van der Waals surface area contributed by atoms with Gasteiger partial charge < -0.3 is 0 Å². The average Bonchev–Trinajstić information content (AvgIpc) is 2.19. The van der Waals surface area contributed by atoms with Crippen molar-refractivity contribution in [2.45, 2.75) is 19.8 Å². The Morgan fingerprint density at radius 3 is 2.57 bits per heavy atom. The van der Waals surface area contributed by atoms with Crippen LogP contribution in [0.3, 0.4) is 0 Å². The fourth-order valence-electron chi connectivity index (χ4n) is 1.19. The molecule has 78 valence electrons. The van der Waals surface area contributed by atoms with Crippen LogP contribution in [0.15, 0.2) is 18.2 Å². The van der Waals surface area contributed by atoms with E-state index in [9.17, 15) is 0 Å². The van der Waals surface area contributed by atoms with E-state index in [1.807, 2.05) is 18.2 Å². The minimum absolute atomic E-state index is 0.629. The highest BCUT2D eigenvalue weighted by molar-refractivity contribution is 9.09. The SMILES string of the molecule is CC(CBr)CCc1ccc(Cl)c(Cl)c1. The molecule has 0 amide bonds. The van der Waals surface area contributed by atoms with Gasteiger partial charge in [-0.3, -0.25) is 0 Å². The van der Waals surface area contributed by atoms with Gasteiger partial charge in [0.2, 0.25) is 0 Å². The topological polar surface area (TPSA) is 0 Å². The number of hydrogen-bond donors (Lipinski definition) is 0. The average molecular weight is 296 g/mol. The summed E-state index contributed by atoms with van der Waals surface area (Å²) in [5.74, 6) is 0.699. The Morgan fingerprint density at radius 2 is 2.00 bits per heavy atom. The predicted octanol–water partition coefficient (Wildman–Crippen LogP) is 4.96. The van der Waals surface area contributed by atoms with Gasteiger partial charge in [-0.15, -0.1) is 0 Å². The lowest BCUT2D eigenvalue weighted by atomic mass is 10.0. The van der Waals surface area contributed by atoms with E-state index in [0.29, 0.717) is 16.0 Å². The second-order valence-corrected chi connectivity index (χ2v) is 5.01. The molecule has 0 saturated heterocycles. The Morgan fingerprint density at radius 1 is 1.29 bits per heavy atom. The fraction of sp³-hybridized carbons (Fsp3) is 0.455. The largest absolute Gasteiger partial charge is 0.0925 e. The Bertz CT molecular complexity index is 299. The van der Waals surface area contributed by atoms with E-state index in [4.69, 9.17) is 23.2 Å². The van der Waals surface area contributed by atoms with Crippen LogP contribution in [0.5, 0.6) is 0 Å². The molecule has 0 N–H and O–H groups in total. The first-order chi connectivity index (χ1) is 6.63. The summed E-state index contributed by atoms with van der Waals surface area (Å²) < 4.78 is 0. The molecule has 0 aliphatic heterocycles. The minimum atomic E-state index is 0.629. The summed E-state index contributed by atoms with van der Waals surface area (Å²) in [7, 11) is 0. The van der Waals surface area contributed by atoms with E-state index >= 15 is 0 Å². The van der Waals surface area contributed by atoms with Crippen molar-refractivity contribution < 1.29 is 0 Å². The Kier molecular flexibility index (Phi) is 5.29. The van der Waals surface area contributed by atoms with E-state index in [-0.39, 0.29) is 0 Å². The summed E-state index contributed by atoms with van der Waals surface area (Å²) in [6.07, 6.45) is 2.23. The van der Waals surface area contributed by atoms with Gasteiger partial charge in [0, 0.05) is 5.33 Å². The molecular weight excluding hydrogens is 283 g/mol. The molecule has 1 aromatic rings. The van der Waals surface area contributed by atoms with Gasteiger partial charge in [-0.1, -0.05) is 52.1 Å². The van der Waals surface area contributed by atoms with Gasteiger partial charge >= 0.3 is 0 Å². The second kappa shape index (κ2) is 5.99. The van der Waals surface area contributed by atoms with Crippen LogP contribution in [0.4, 0.5) is 0 Å². The van der Waals surface area contributed by atoms with Crippen LogP contribution < -0.4 is 0 Å². The zero-order valence-corrected chi connectivity index (χ0v) is 11.2. The molecular formula is C11H13BrCl2. The van der Waals surface area contributed by atoms with Gasteiger partial charge in [0.1, 0.15) is 0 Å². The molecule has 0 bridgehead atoms. The zero-order valence-electron chi connectivity index (χ0n) is 8.06. The smallest absolute Gasteiger partial charge is 0.0595 e. The van der Waals surface area contributed by atoms with Gasteiger partial charge in [-0.25, -0.2) is 0 Å². The van der Waals surface area contributed by atoms with Crippen LogP contribution in [0.1, 0.15) is 18.9 Å². The maximum atomic E-state index is 5.92. The Hall–Kier alpha value is 0.280. The molecule has 1 unspecified atom stereocenters. The van der Waals surface area contributed by atoms with Gasteiger partial charge in [0.05, 0.1) is 10.0 Å². The maximum Gasteiger partial charge on any atom is 0.0595 e. The number of hydrogen-bond acceptors (Lipinski definition) is 0. The van der Waals surface area contributed by atoms with Crippen molar-refractivity contribution in [2.75, 3.05) is 5.33 Å². The molecule has 0 aliphatic carbocycles. The molecule has 0 aliphatic rings. The number of alkyl halides is 1. The van der Waals surface area contributed by atoms with Gasteiger partial charge in [-0.05, 0) is 36.5 Å². The van der Waals surface area contributed by atoms with E-state index in [2.05, 4.69) is 22.9 Å². The first-order valence-electron chi connectivity index (χ1n) is 4.63. The van der Waals surface area contributed by atoms with Crippen molar-refractivity contribution in [1.82, 2.24) is 0 Å². The zero-order chi connectivity index (χ0) is 10.6. The molecule has 1 aromatic carbocycles. The van der Waals surface area contributed by atoms with Crippen molar-refractivity contribution in [1.29, 1.82) is 0 Å². The third kappa shape index (κ3) is 3.80. The summed E-state index contributed by atoms with van der Waals surface area (Å²) in [6, 6.07) is 5.85. The van der Waals surface area contributed by atoms with Crippen LogP contribution in [0.25, 0.3) is 0 Å². The molecule has 0 fully saturated rings. The van der Waals surface area contributed by atoms with Gasteiger partial charge in [-0.2, -0.15) is 0 Å². The molecule has 14 heavy (non-hydrogen) atoms. The van der Waals surface area contributed by atoms with Gasteiger partial charge in [0.25, 0.3) is 0 Å². The van der Waals surface area contributed by atoms with Crippen molar-refractivity contribution in [2.24, 2.45) is 5.92 Å². The first kappa shape index (κ1) is 12.4. The Balaban J connectivity index is 2.55. The monoisotopic (exact) mass is 294 g/mol. The molecule has 1 rings (SSSR count). The summed E-state index contributed by atoms with van der Waals surface area (Å²) in [6.45, 7) is 2.23. The molecule has 0 saturated carbocycles. The standard InChI is InChI=1S/C11H13BrCl2/c1-8(7-12)2-3-9-4-5-10(13)11(14)6-9/h4-6,8H,2-3,7H2,1H3. The van der Waals surface area contributed by atoms with E-state index in [0.717, 1.165) is 11.8 Å². The number of benzene rings is 1. The minimum Gasteiger partial charge on any atom is -0.0925 e. The fourth-order valence-corrected chi connectivity index (χ4v) is 1.83. The quantitative estimate of drug-likeness (QED) is 0.689. The van der Waals surface area contributed by atoms with Crippen LogP contribution >= 0.6 is 39.1 Å². The molecule has 1 atom stereocenters. The summed E-state index contributed by atoms with van der Waals surface area (Å²) in [5, 5.41) is 2.33. The predicted molar refractivity (Wildman–Crippen MR) is 67.7 cm³/mol. The number of aryl methyl sites for hydroxylation is 1. The number of rotatable bonds is 4. The van der Waals surface area contributed by atoms with Crippen molar-refractivity contribution in [3.05, 3.63) is 33.8 Å². The lowest BCUT2D eigenvalue weighted by Gasteiger charge is -2.07. The molecule has 0 spiro atoms.